The number of hydrogen-bond donors (Lipinski definition) is 2. The Morgan fingerprint density at radius 1 is 1.25 bits per heavy atom. The number of carbonyl (C=O) groups excluding carboxylic acids is 1. The van der Waals surface area contributed by atoms with Gasteiger partial charge in [0, 0.05) is 18.8 Å². The number of aromatic nitrogens is 2. The van der Waals surface area contributed by atoms with E-state index in [1.54, 1.807) is 12.1 Å². The number of rotatable bonds is 8. The van der Waals surface area contributed by atoms with Crippen molar-refractivity contribution in [1.29, 1.82) is 0 Å². The summed E-state index contributed by atoms with van der Waals surface area (Å²) in [6.45, 7) is 7.49. The molecule has 1 amide bonds. The second-order valence-electron chi connectivity index (χ2n) is 6.09. The van der Waals surface area contributed by atoms with Crippen molar-refractivity contribution in [1.82, 2.24) is 20.2 Å². The molecule has 3 rings (SSSR count). The highest BCUT2D eigenvalue weighted by Crippen LogP contribution is 2.30. The predicted molar refractivity (Wildman–Crippen MR) is 112 cm³/mol. The summed E-state index contributed by atoms with van der Waals surface area (Å²) < 4.78 is 13.3. The fourth-order valence-electron chi connectivity index (χ4n) is 2.73. The average Bonchev–Trinajstić information content (AvgIpc) is 3.13. The SMILES string of the molecule is CCN(CC)CCNC(=O)c1cc2c(Nc3ccc(F)c(Cl)c3)ncnc2s1. The number of hydrogen-bond acceptors (Lipinski definition) is 6. The van der Waals surface area contributed by atoms with Gasteiger partial charge < -0.3 is 15.5 Å². The van der Waals surface area contributed by atoms with Crippen molar-refractivity contribution in [3.63, 3.8) is 0 Å². The highest BCUT2D eigenvalue weighted by Gasteiger charge is 2.14. The zero-order chi connectivity index (χ0) is 20.1. The van der Waals surface area contributed by atoms with Crippen LogP contribution in [0.3, 0.4) is 0 Å². The van der Waals surface area contributed by atoms with Crippen molar-refractivity contribution in [2.75, 3.05) is 31.5 Å². The van der Waals surface area contributed by atoms with Crippen LogP contribution < -0.4 is 10.6 Å². The standard InChI is InChI=1S/C19H21ClFN5OS/c1-3-26(4-2)8-7-22-18(27)16-10-13-17(23-11-24-19(13)28-16)25-12-5-6-15(21)14(20)9-12/h5-6,9-11H,3-4,7-8H2,1-2H3,(H,22,27)(H,23,24,25). The van der Waals surface area contributed by atoms with Gasteiger partial charge in [0.25, 0.3) is 5.91 Å². The number of anilines is 2. The van der Waals surface area contributed by atoms with Crippen LogP contribution in [0.1, 0.15) is 23.5 Å². The summed E-state index contributed by atoms with van der Waals surface area (Å²) in [6, 6.07) is 6.10. The normalized spacial score (nSPS) is 11.2. The van der Waals surface area contributed by atoms with E-state index in [-0.39, 0.29) is 10.9 Å². The van der Waals surface area contributed by atoms with Crippen LogP contribution in [0.2, 0.25) is 5.02 Å². The first-order chi connectivity index (χ1) is 13.5. The Bertz CT molecular complexity index is 976. The van der Waals surface area contributed by atoms with Gasteiger partial charge in [-0.3, -0.25) is 4.79 Å². The van der Waals surface area contributed by atoms with E-state index in [1.165, 1.54) is 29.8 Å². The Kier molecular flexibility index (Phi) is 6.77. The first kappa shape index (κ1) is 20.4. The molecule has 0 fully saturated rings. The Balaban J connectivity index is 1.75. The number of likely N-dealkylation sites (N-methyl/N-ethyl adjacent to an activating group) is 1. The second kappa shape index (κ2) is 9.27. The Labute approximate surface area is 171 Å². The summed E-state index contributed by atoms with van der Waals surface area (Å²) in [7, 11) is 0. The molecule has 1 aromatic carbocycles. The number of thiophene rings is 1. The minimum absolute atomic E-state index is 0.0221. The number of halogens is 2. The lowest BCUT2D eigenvalue weighted by Crippen LogP contribution is -2.34. The molecule has 9 heteroatoms. The maximum atomic E-state index is 13.3. The number of carbonyl (C=O) groups is 1. The van der Waals surface area contributed by atoms with Crippen LogP contribution in [-0.2, 0) is 0 Å². The third-order valence-electron chi connectivity index (χ3n) is 4.34. The van der Waals surface area contributed by atoms with Gasteiger partial charge in [0.15, 0.2) is 0 Å². The van der Waals surface area contributed by atoms with Crippen LogP contribution >= 0.6 is 22.9 Å². The maximum Gasteiger partial charge on any atom is 0.261 e. The van der Waals surface area contributed by atoms with Gasteiger partial charge >= 0.3 is 0 Å². The van der Waals surface area contributed by atoms with Gasteiger partial charge in [-0.05, 0) is 37.4 Å². The van der Waals surface area contributed by atoms with Crippen molar-refractivity contribution in [3.8, 4) is 0 Å². The summed E-state index contributed by atoms with van der Waals surface area (Å²) in [4.78, 5) is 24.5. The van der Waals surface area contributed by atoms with Gasteiger partial charge in [0.1, 0.15) is 22.8 Å². The lowest BCUT2D eigenvalue weighted by Gasteiger charge is -2.17. The first-order valence-electron chi connectivity index (χ1n) is 8.99. The van der Waals surface area contributed by atoms with Crippen LogP contribution in [0.15, 0.2) is 30.6 Å². The molecule has 0 aliphatic heterocycles. The van der Waals surface area contributed by atoms with E-state index in [9.17, 15) is 9.18 Å². The van der Waals surface area contributed by atoms with E-state index in [4.69, 9.17) is 11.6 Å². The quantitative estimate of drug-likeness (QED) is 0.567. The van der Waals surface area contributed by atoms with Crippen LogP contribution in [0.25, 0.3) is 10.2 Å². The molecule has 2 N–H and O–H groups in total. The summed E-state index contributed by atoms with van der Waals surface area (Å²) in [6.07, 6.45) is 1.42. The minimum Gasteiger partial charge on any atom is -0.350 e. The lowest BCUT2D eigenvalue weighted by molar-refractivity contribution is 0.0953. The highest BCUT2D eigenvalue weighted by atomic mass is 35.5. The number of benzene rings is 1. The minimum atomic E-state index is -0.487. The molecule has 0 aliphatic rings. The molecule has 0 saturated carbocycles. The molecule has 0 unspecified atom stereocenters. The molecule has 0 aliphatic carbocycles. The average molecular weight is 422 g/mol. The molecule has 2 aromatic heterocycles. The smallest absolute Gasteiger partial charge is 0.261 e. The van der Waals surface area contributed by atoms with Crippen LogP contribution in [0, 0.1) is 5.82 Å². The fourth-order valence-corrected chi connectivity index (χ4v) is 3.83. The molecule has 0 bridgehead atoms. The summed E-state index contributed by atoms with van der Waals surface area (Å²) in [5.41, 5.74) is 0.600. The molecule has 2 heterocycles. The molecule has 0 atom stereocenters. The maximum absolute atomic E-state index is 13.3. The van der Waals surface area contributed by atoms with Crippen LogP contribution in [-0.4, -0.2) is 47.0 Å². The largest absolute Gasteiger partial charge is 0.350 e. The molecule has 0 radical (unpaired) electrons. The summed E-state index contributed by atoms with van der Waals surface area (Å²) in [5.74, 6) is -0.0868. The summed E-state index contributed by atoms with van der Waals surface area (Å²) >= 11 is 7.14. The van der Waals surface area contributed by atoms with E-state index < -0.39 is 5.82 Å². The zero-order valence-corrected chi connectivity index (χ0v) is 17.2. The van der Waals surface area contributed by atoms with Crippen molar-refractivity contribution in [2.45, 2.75) is 13.8 Å². The molecule has 3 aromatic rings. The van der Waals surface area contributed by atoms with Crippen LogP contribution in [0.5, 0.6) is 0 Å². The second-order valence-corrected chi connectivity index (χ2v) is 7.53. The number of nitrogens with one attached hydrogen (secondary N) is 2. The first-order valence-corrected chi connectivity index (χ1v) is 10.2. The number of amides is 1. The molecule has 148 valence electrons. The monoisotopic (exact) mass is 421 g/mol. The molecule has 6 nitrogen and oxygen atoms in total. The van der Waals surface area contributed by atoms with Gasteiger partial charge in [-0.1, -0.05) is 25.4 Å². The third-order valence-corrected chi connectivity index (χ3v) is 5.68. The Hall–Kier alpha value is -2.29. The Morgan fingerprint density at radius 3 is 2.75 bits per heavy atom. The van der Waals surface area contributed by atoms with E-state index in [1.807, 2.05) is 0 Å². The molecule has 0 saturated heterocycles. The molecular formula is C19H21ClFN5OS. The van der Waals surface area contributed by atoms with Gasteiger partial charge in [-0.25, -0.2) is 14.4 Å². The van der Waals surface area contributed by atoms with E-state index in [0.717, 1.165) is 25.0 Å². The third kappa shape index (κ3) is 4.76. The highest BCUT2D eigenvalue weighted by molar-refractivity contribution is 7.20. The topological polar surface area (TPSA) is 70.2 Å². The fraction of sp³-hybridized carbons (Fsp3) is 0.316. The van der Waals surface area contributed by atoms with Crippen molar-refractivity contribution in [3.05, 3.63) is 46.3 Å². The molecule has 0 spiro atoms. The molecule has 28 heavy (non-hydrogen) atoms. The van der Waals surface area contributed by atoms with E-state index >= 15 is 0 Å². The van der Waals surface area contributed by atoms with Gasteiger partial charge in [-0.15, -0.1) is 11.3 Å². The van der Waals surface area contributed by atoms with E-state index in [2.05, 4.69) is 39.3 Å². The zero-order valence-electron chi connectivity index (χ0n) is 15.6. The number of fused-ring (bicyclic) bond motifs is 1. The lowest BCUT2D eigenvalue weighted by atomic mass is 10.3. The summed E-state index contributed by atoms with van der Waals surface area (Å²) in [5, 5.41) is 6.80. The van der Waals surface area contributed by atoms with Crippen LogP contribution in [0.4, 0.5) is 15.9 Å². The Morgan fingerprint density at radius 2 is 2.04 bits per heavy atom. The predicted octanol–water partition coefficient (Wildman–Crippen LogP) is 4.30. The van der Waals surface area contributed by atoms with Gasteiger partial charge in [0.05, 0.1) is 15.3 Å². The number of nitrogens with zero attached hydrogens (tertiary/aromatic N) is 3. The van der Waals surface area contributed by atoms with Crippen molar-refractivity contribution in [2.24, 2.45) is 0 Å². The van der Waals surface area contributed by atoms with Gasteiger partial charge in [0.2, 0.25) is 0 Å². The van der Waals surface area contributed by atoms with Crippen molar-refractivity contribution >= 4 is 50.6 Å². The van der Waals surface area contributed by atoms with Crippen molar-refractivity contribution < 1.29 is 9.18 Å². The van der Waals surface area contributed by atoms with Gasteiger partial charge in [-0.2, -0.15) is 0 Å². The molecular weight excluding hydrogens is 401 g/mol. The van der Waals surface area contributed by atoms with E-state index in [0.29, 0.717) is 27.8 Å².